The molecule has 19 heavy (non-hydrogen) atoms. The third kappa shape index (κ3) is 2.69. The van der Waals surface area contributed by atoms with E-state index in [0.717, 1.165) is 32.2 Å². The molecule has 4 nitrogen and oxygen atoms in total. The van der Waals surface area contributed by atoms with Gasteiger partial charge in [0.05, 0.1) is 10.6 Å². The average Bonchev–Trinajstić information content (AvgIpc) is 3.25. The molecule has 2 aliphatic rings. The number of rotatable bonds is 2. The van der Waals surface area contributed by atoms with E-state index in [2.05, 4.69) is 4.90 Å². The Kier molecular flexibility index (Phi) is 3.37. The maximum atomic E-state index is 12.4. The molecular formula is C14H18ClN3O. The Hall–Kier alpha value is -1.26. The van der Waals surface area contributed by atoms with Gasteiger partial charge in [-0.1, -0.05) is 11.6 Å². The smallest absolute Gasteiger partial charge is 0.255 e. The van der Waals surface area contributed by atoms with Crippen LogP contribution in [0.2, 0.25) is 5.02 Å². The number of carbonyl (C=O) groups is 1. The molecule has 0 unspecified atom stereocenters. The van der Waals surface area contributed by atoms with Crippen LogP contribution < -0.4 is 5.73 Å². The van der Waals surface area contributed by atoms with E-state index in [1.807, 2.05) is 4.90 Å². The van der Waals surface area contributed by atoms with Crippen molar-refractivity contribution in [2.24, 2.45) is 0 Å². The van der Waals surface area contributed by atoms with Crippen molar-refractivity contribution in [1.29, 1.82) is 0 Å². The number of anilines is 1. The highest BCUT2D eigenvalue weighted by molar-refractivity contribution is 6.34. The summed E-state index contributed by atoms with van der Waals surface area (Å²) in [5.74, 6) is -0.00672. The molecule has 0 spiro atoms. The topological polar surface area (TPSA) is 49.6 Å². The zero-order valence-electron chi connectivity index (χ0n) is 10.8. The lowest BCUT2D eigenvalue weighted by Gasteiger charge is -2.35. The Balaban J connectivity index is 1.68. The van der Waals surface area contributed by atoms with Gasteiger partial charge in [0.25, 0.3) is 5.91 Å². The summed E-state index contributed by atoms with van der Waals surface area (Å²) < 4.78 is 0. The first-order valence-electron chi connectivity index (χ1n) is 6.73. The lowest BCUT2D eigenvalue weighted by Crippen LogP contribution is -2.49. The van der Waals surface area contributed by atoms with Crippen LogP contribution in [0.3, 0.4) is 0 Å². The van der Waals surface area contributed by atoms with Crippen molar-refractivity contribution in [1.82, 2.24) is 9.80 Å². The Labute approximate surface area is 118 Å². The van der Waals surface area contributed by atoms with E-state index < -0.39 is 0 Å². The zero-order valence-corrected chi connectivity index (χ0v) is 11.6. The highest BCUT2D eigenvalue weighted by Crippen LogP contribution is 2.28. The SMILES string of the molecule is Nc1ccc(Cl)c(C(=O)N2CCN(C3CC3)CC2)c1. The van der Waals surface area contributed by atoms with Crippen LogP contribution in [0.15, 0.2) is 18.2 Å². The summed E-state index contributed by atoms with van der Waals surface area (Å²) in [6, 6.07) is 5.83. The monoisotopic (exact) mass is 279 g/mol. The van der Waals surface area contributed by atoms with Crippen LogP contribution in [0, 0.1) is 0 Å². The molecule has 3 rings (SSSR count). The van der Waals surface area contributed by atoms with E-state index in [0.29, 0.717) is 16.3 Å². The number of benzene rings is 1. The van der Waals surface area contributed by atoms with Gasteiger partial charge in [0, 0.05) is 37.9 Å². The lowest BCUT2D eigenvalue weighted by atomic mass is 10.1. The van der Waals surface area contributed by atoms with Gasteiger partial charge in [-0.3, -0.25) is 9.69 Å². The summed E-state index contributed by atoms with van der Waals surface area (Å²) in [4.78, 5) is 16.8. The predicted octanol–water partition coefficient (Wildman–Crippen LogP) is 1.84. The van der Waals surface area contributed by atoms with Gasteiger partial charge in [0.15, 0.2) is 0 Å². The number of hydrogen-bond acceptors (Lipinski definition) is 3. The van der Waals surface area contributed by atoms with E-state index in [9.17, 15) is 4.79 Å². The first-order valence-corrected chi connectivity index (χ1v) is 7.11. The van der Waals surface area contributed by atoms with E-state index in [4.69, 9.17) is 17.3 Å². The summed E-state index contributed by atoms with van der Waals surface area (Å²) in [5, 5.41) is 0.476. The van der Waals surface area contributed by atoms with Crippen LogP contribution in [-0.2, 0) is 0 Å². The Morgan fingerprint density at radius 3 is 2.53 bits per heavy atom. The normalized spacial score (nSPS) is 20.6. The largest absolute Gasteiger partial charge is 0.399 e. The van der Waals surface area contributed by atoms with Crippen molar-refractivity contribution in [2.45, 2.75) is 18.9 Å². The standard InChI is InChI=1S/C14H18ClN3O/c15-13-4-1-10(16)9-12(13)14(19)18-7-5-17(6-8-18)11-2-3-11/h1,4,9,11H,2-3,5-8,16H2. The number of nitrogen functional groups attached to an aromatic ring is 1. The number of carbonyl (C=O) groups excluding carboxylic acids is 1. The fourth-order valence-electron chi connectivity index (χ4n) is 2.61. The molecule has 1 aliphatic carbocycles. The maximum Gasteiger partial charge on any atom is 0.255 e. The molecule has 5 heteroatoms. The molecule has 1 aromatic rings. The Bertz CT molecular complexity index is 493. The van der Waals surface area contributed by atoms with E-state index in [1.54, 1.807) is 18.2 Å². The molecule has 2 N–H and O–H groups in total. The van der Waals surface area contributed by atoms with E-state index >= 15 is 0 Å². The van der Waals surface area contributed by atoms with Gasteiger partial charge >= 0.3 is 0 Å². The predicted molar refractivity (Wildman–Crippen MR) is 76.4 cm³/mol. The summed E-state index contributed by atoms with van der Waals surface area (Å²) in [6.07, 6.45) is 2.63. The van der Waals surface area contributed by atoms with Crippen molar-refractivity contribution in [3.05, 3.63) is 28.8 Å². The van der Waals surface area contributed by atoms with Gasteiger partial charge < -0.3 is 10.6 Å². The summed E-state index contributed by atoms with van der Waals surface area (Å²) >= 11 is 6.09. The van der Waals surface area contributed by atoms with Crippen LogP contribution in [0.25, 0.3) is 0 Å². The van der Waals surface area contributed by atoms with Crippen LogP contribution in [-0.4, -0.2) is 47.9 Å². The number of nitrogens with two attached hydrogens (primary N) is 1. The van der Waals surface area contributed by atoms with Gasteiger partial charge in [0.1, 0.15) is 0 Å². The molecular weight excluding hydrogens is 262 g/mol. The van der Waals surface area contributed by atoms with Gasteiger partial charge in [0.2, 0.25) is 0 Å². The lowest BCUT2D eigenvalue weighted by molar-refractivity contribution is 0.0627. The quantitative estimate of drug-likeness (QED) is 0.841. The summed E-state index contributed by atoms with van der Waals surface area (Å²) in [7, 11) is 0. The number of piperazine rings is 1. The third-order valence-electron chi connectivity index (χ3n) is 3.89. The molecule has 1 saturated heterocycles. The van der Waals surface area contributed by atoms with Gasteiger partial charge in [-0.05, 0) is 31.0 Å². The molecule has 1 amide bonds. The number of amides is 1. The van der Waals surface area contributed by atoms with Crippen molar-refractivity contribution in [2.75, 3.05) is 31.9 Å². The molecule has 102 valence electrons. The highest BCUT2D eigenvalue weighted by Gasteiger charge is 2.32. The molecule has 1 heterocycles. The second-order valence-corrected chi connectivity index (χ2v) is 5.71. The van der Waals surface area contributed by atoms with E-state index in [1.165, 1.54) is 12.8 Å². The van der Waals surface area contributed by atoms with Crippen molar-refractivity contribution in [3.8, 4) is 0 Å². The van der Waals surface area contributed by atoms with Crippen LogP contribution in [0.1, 0.15) is 23.2 Å². The second kappa shape index (κ2) is 5.02. The summed E-state index contributed by atoms with van der Waals surface area (Å²) in [5.41, 5.74) is 6.82. The van der Waals surface area contributed by atoms with E-state index in [-0.39, 0.29) is 5.91 Å². The molecule has 0 bridgehead atoms. The number of halogens is 1. The molecule has 2 fully saturated rings. The zero-order chi connectivity index (χ0) is 13.4. The van der Waals surface area contributed by atoms with Crippen LogP contribution >= 0.6 is 11.6 Å². The number of hydrogen-bond donors (Lipinski definition) is 1. The number of nitrogens with zero attached hydrogens (tertiary/aromatic N) is 2. The van der Waals surface area contributed by atoms with Crippen molar-refractivity contribution in [3.63, 3.8) is 0 Å². The first-order chi connectivity index (χ1) is 9.15. The molecule has 0 aromatic heterocycles. The third-order valence-corrected chi connectivity index (χ3v) is 4.22. The minimum atomic E-state index is -0.00672. The van der Waals surface area contributed by atoms with Crippen molar-refractivity contribution < 1.29 is 4.79 Å². The fourth-order valence-corrected chi connectivity index (χ4v) is 2.81. The fraction of sp³-hybridized carbons (Fsp3) is 0.500. The minimum Gasteiger partial charge on any atom is -0.399 e. The van der Waals surface area contributed by atoms with Gasteiger partial charge in [-0.15, -0.1) is 0 Å². The highest BCUT2D eigenvalue weighted by atomic mass is 35.5. The average molecular weight is 280 g/mol. The molecule has 0 atom stereocenters. The molecule has 1 saturated carbocycles. The van der Waals surface area contributed by atoms with Gasteiger partial charge in [-0.2, -0.15) is 0 Å². The Morgan fingerprint density at radius 1 is 1.21 bits per heavy atom. The van der Waals surface area contributed by atoms with Crippen molar-refractivity contribution >= 4 is 23.2 Å². The van der Waals surface area contributed by atoms with Crippen LogP contribution in [0.5, 0.6) is 0 Å². The van der Waals surface area contributed by atoms with Crippen LogP contribution in [0.4, 0.5) is 5.69 Å². The van der Waals surface area contributed by atoms with Gasteiger partial charge in [-0.25, -0.2) is 0 Å². The molecule has 0 radical (unpaired) electrons. The second-order valence-electron chi connectivity index (χ2n) is 5.30. The maximum absolute atomic E-state index is 12.4. The summed E-state index contributed by atoms with van der Waals surface area (Å²) in [6.45, 7) is 3.49. The molecule has 1 aromatic carbocycles. The minimum absolute atomic E-state index is 0.00672. The first kappa shape index (κ1) is 12.8. The molecule has 1 aliphatic heterocycles. The Morgan fingerprint density at radius 2 is 1.89 bits per heavy atom.